The Balaban J connectivity index is 1.77. The summed E-state index contributed by atoms with van der Waals surface area (Å²) in [5, 5.41) is 14.7. The molecule has 2 aromatic rings. The fourth-order valence-electron chi connectivity index (χ4n) is 2.07. The summed E-state index contributed by atoms with van der Waals surface area (Å²) in [5.41, 5.74) is 0.669. The largest absolute Gasteiger partial charge is 0.486 e. The first-order chi connectivity index (χ1) is 11.9. The minimum atomic E-state index is -0.870. The third kappa shape index (κ3) is 7.11. The maximum absolute atomic E-state index is 12.0. The Morgan fingerprint density at radius 1 is 1.36 bits per heavy atom. The third-order valence-electron chi connectivity index (χ3n) is 3.32. The average molecular weight is 383 g/mol. The number of carbonyl (C=O) groups is 2. The molecule has 0 spiro atoms. The first-order valence-electron chi connectivity index (χ1n) is 7.75. The number of aromatic nitrogens is 1. The Kier molecular flexibility index (Phi) is 7.21. The molecule has 0 aliphatic rings. The van der Waals surface area contributed by atoms with Gasteiger partial charge in [-0.05, 0) is 37.6 Å². The molecule has 0 bridgehead atoms. The minimum absolute atomic E-state index is 0.0321. The molecule has 1 aromatic heterocycles. The molecule has 1 unspecified atom stereocenters. The second-order valence-corrected chi connectivity index (χ2v) is 6.93. The Bertz CT molecular complexity index is 718. The van der Waals surface area contributed by atoms with Crippen molar-refractivity contribution in [2.45, 2.75) is 38.8 Å². The number of ether oxygens (including phenoxy) is 1. The number of hydrogen-bond donors (Lipinski definition) is 2. The van der Waals surface area contributed by atoms with Gasteiger partial charge in [-0.15, -0.1) is 11.3 Å². The molecular formula is C17H19ClN2O4S. The van der Waals surface area contributed by atoms with Crippen LogP contribution >= 0.6 is 22.9 Å². The van der Waals surface area contributed by atoms with Crippen LogP contribution in [0.15, 0.2) is 29.6 Å². The van der Waals surface area contributed by atoms with Gasteiger partial charge in [0, 0.05) is 22.9 Å². The molecule has 0 radical (unpaired) electrons. The third-order valence-corrected chi connectivity index (χ3v) is 4.44. The monoisotopic (exact) mass is 382 g/mol. The number of hydrogen-bond acceptors (Lipinski definition) is 5. The summed E-state index contributed by atoms with van der Waals surface area (Å²) in [7, 11) is 0. The Morgan fingerprint density at radius 2 is 2.08 bits per heavy atom. The molecule has 0 saturated carbocycles. The normalized spacial score (nSPS) is 11.8. The van der Waals surface area contributed by atoms with Gasteiger partial charge in [0.25, 0.3) is 0 Å². The highest BCUT2D eigenvalue weighted by Crippen LogP contribution is 2.18. The van der Waals surface area contributed by atoms with Gasteiger partial charge in [-0.1, -0.05) is 11.6 Å². The predicted octanol–water partition coefficient (Wildman–Crippen LogP) is 3.29. The number of benzene rings is 1. The summed E-state index contributed by atoms with van der Waals surface area (Å²) >= 11 is 7.25. The lowest BCUT2D eigenvalue weighted by atomic mass is 10.2. The number of nitrogens with zero attached hydrogens (tertiary/aromatic N) is 1. The second-order valence-electron chi connectivity index (χ2n) is 5.55. The quantitative estimate of drug-likeness (QED) is 0.694. The SMILES string of the molecule is CC(CCC(=O)O)NC(=O)Cc1csc(COc2ccc(Cl)cc2)n1. The standard InChI is InChI=1S/C17H19ClN2O4S/c1-11(2-7-17(22)23)19-15(21)8-13-10-25-16(20-13)9-24-14-5-3-12(18)4-6-14/h3-6,10-11H,2,7-9H2,1H3,(H,19,21)(H,22,23). The van der Waals surface area contributed by atoms with E-state index in [1.807, 2.05) is 5.38 Å². The van der Waals surface area contributed by atoms with Crippen molar-refractivity contribution in [2.75, 3.05) is 0 Å². The molecule has 134 valence electrons. The van der Waals surface area contributed by atoms with Crippen LogP contribution in [0.25, 0.3) is 0 Å². The molecule has 0 saturated heterocycles. The predicted molar refractivity (Wildman–Crippen MR) is 96.1 cm³/mol. The van der Waals surface area contributed by atoms with E-state index in [1.165, 1.54) is 11.3 Å². The summed E-state index contributed by atoms with van der Waals surface area (Å²) in [4.78, 5) is 26.9. The first-order valence-corrected chi connectivity index (χ1v) is 9.01. The molecule has 0 fully saturated rings. The van der Waals surface area contributed by atoms with Crippen molar-refractivity contribution in [3.05, 3.63) is 45.4 Å². The Morgan fingerprint density at radius 3 is 2.76 bits per heavy atom. The highest BCUT2D eigenvalue weighted by molar-refractivity contribution is 7.09. The van der Waals surface area contributed by atoms with Crippen LogP contribution in [-0.2, 0) is 22.6 Å². The number of halogens is 1. The first kappa shape index (κ1) is 19.2. The molecule has 6 nitrogen and oxygen atoms in total. The van der Waals surface area contributed by atoms with E-state index in [9.17, 15) is 9.59 Å². The molecule has 1 amide bonds. The summed E-state index contributed by atoms with van der Waals surface area (Å²) < 4.78 is 5.62. The van der Waals surface area contributed by atoms with Gasteiger partial charge in [0.05, 0.1) is 12.1 Å². The summed E-state index contributed by atoms with van der Waals surface area (Å²) in [5.74, 6) is -0.342. The van der Waals surface area contributed by atoms with Crippen molar-refractivity contribution in [1.82, 2.24) is 10.3 Å². The zero-order valence-electron chi connectivity index (χ0n) is 13.7. The van der Waals surface area contributed by atoms with Crippen LogP contribution in [0.4, 0.5) is 0 Å². The fourth-order valence-corrected chi connectivity index (χ4v) is 2.91. The van der Waals surface area contributed by atoms with E-state index in [2.05, 4.69) is 10.3 Å². The van der Waals surface area contributed by atoms with Gasteiger partial charge in [0.1, 0.15) is 17.4 Å². The van der Waals surface area contributed by atoms with E-state index in [-0.39, 0.29) is 24.8 Å². The van der Waals surface area contributed by atoms with Crippen molar-refractivity contribution in [1.29, 1.82) is 0 Å². The molecule has 25 heavy (non-hydrogen) atoms. The number of thiazole rings is 1. The zero-order chi connectivity index (χ0) is 18.2. The number of amides is 1. The number of nitrogens with one attached hydrogen (secondary N) is 1. The van der Waals surface area contributed by atoms with Gasteiger partial charge >= 0.3 is 5.97 Å². The Labute approximate surface area is 154 Å². The van der Waals surface area contributed by atoms with Gasteiger partial charge in [0.2, 0.25) is 5.91 Å². The zero-order valence-corrected chi connectivity index (χ0v) is 15.3. The second kappa shape index (κ2) is 9.39. The number of aliphatic carboxylic acids is 1. The number of rotatable bonds is 9. The topological polar surface area (TPSA) is 88.5 Å². The van der Waals surface area contributed by atoms with E-state index in [0.717, 1.165) is 5.01 Å². The van der Waals surface area contributed by atoms with E-state index in [1.54, 1.807) is 31.2 Å². The lowest BCUT2D eigenvalue weighted by Gasteiger charge is -2.11. The summed E-state index contributed by atoms with van der Waals surface area (Å²) in [6.45, 7) is 2.11. The fraction of sp³-hybridized carbons (Fsp3) is 0.353. The molecule has 1 heterocycles. The Hall–Kier alpha value is -2.12. The molecule has 0 aliphatic carbocycles. The van der Waals surface area contributed by atoms with E-state index >= 15 is 0 Å². The van der Waals surface area contributed by atoms with Crippen LogP contribution in [0.1, 0.15) is 30.5 Å². The molecule has 2 rings (SSSR count). The van der Waals surface area contributed by atoms with Crippen molar-refractivity contribution in [2.24, 2.45) is 0 Å². The number of carboxylic acids is 1. The van der Waals surface area contributed by atoms with Crippen LogP contribution in [0.5, 0.6) is 5.75 Å². The number of carbonyl (C=O) groups excluding carboxylic acids is 1. The van der Waals surface area contributed by atoms with Crippen LogP contribution in [0.3, 0.4) is 0 Å². The molecule has 1 aromatic carbocycles. The van der Waals surface area contributed by atoms with E-state index in [4.69, 9.17) is 21.4 Å². The molecule has 2 N–H and O–H groups in total. The van der Waals surface area contributed by atoms with Crippen LogP contribution in [0.2, 0.25) is 5.02 Å². The van der Waals surface area contributed by atoms with Gasteiger partial charge in [-0.3, -0.25) is 9.59 Å². The highest BCUT2D eigenvalue weighted by Gasteiger charge is 2.12. The van der Waals surface area contributed by atoms with Crippen molar-refractivity contribution in [3.63, 3.8) is 0 Å². The van der Waals surface area contributed by atoms with E-state index in [0.29, 0.717) is 29.5 Å². The summed E-state index contributed by atoms with van der Waals surface area (Å²) in [6, 6.07) is 6.88. The van der Waals surface area contributed by atoms with Crippen molar-refractivity contribution >= 4 is 34.8 Å². The van der Waals surface area contributed by atoms with Crippen LogP contribution < -0.4 is 10.1 Å². The average Bonchev–Trinajstić information content (AvgIpc) is 2.99. The van der Waals surface area contributed by atoms with Crippen LogP contribution in [-0.4, -0.2) is 28.0 Å². The van der Waals surface area contributed by atoms with Crippen molar-refractivity contribution in [3.8, 4) is 5.75 Å². The lowest BCUT2D eigenvalue weighted by Crippen LogP contribution is -2.34. The minimum Gasteiger partial charge on any atom is -0.486 e. The molecule has 8 heteroatoms. The molecule has 0 aliphatic heterocycles. The van der Waals surface area contributed by atoms with Gasteiger partial charge in [-0.2, -0.15) is 0 Å². The molecular weight excluding hydrogens is 364 g/mol. The molecule has 1 atom stereocenters. The van der Waals surface area contributed by atoms with Gasteiger partial charge in [0.15, 0.2) is 0 Å². The van der Waals surface area contributed by atoms with E-state index < -0.39 is 5.97 Å². The van der Waals surface area contributed by atoms with Crippen molar-refractivity contribution < 1.29 is 19.4 Å². The smallest absolute Gasteiger partial charge is 0.303 e. The highest BCUT2D eigenvalue weighted by atomic mass is 35.5. The lowest BCUT2D eigenvalue weighted by molar-refractivity contribution is -0.137. The van der Waals surface area contributed by atoms with Crippen LogP contribution in [0, 0.1) is 0 Å². The van der Waals surface area contributed by atoms with Gasteiger partial charge < -0.3 is 15.2 Å². The van der Waals surface area contributed by atoms with Gasteiger partial charge in [-0.25, -0.2) is 4.98 Å². The maximum atomic E-state index is 12.0. The number of carboxylic acid groups (broad SMARTS) is 1. The summed E-state index contributed by atoms with van der Waals surface area (Å²) in [6.07, 6.45) is 0.595. The maximum Gasteiger partial charge on any atom is 0.303 e.